The number of hydrogen-bond donors (Lipinski definition) is 1. The Morgan fingerprint density at radius 3 is 1.80 bits per heavy atom. The van der Waals surface area contributed by atoms with Crippen molar-refractivity contribution in [3.05, 3.63) is 10.1 Å². The van der Waals surface area contributed by atoms with Crippen molar-refractivity contribution in [3.8, 4) is 0 Å². The molecule has 0 aliphatic rings. The van der Waals surface area contributed by atoms with E-state index in [4.69, 9.17) is 15.3 Å². The van der Waals surface area contributed by atoms with Crippen LogP contribution < -0.4 is 0 Å². The van der Waals surface area contributed by atoms with Gasteiger partial charge in [0, 0.05) is 6.15 Å². The Morgan fingerprint density at radius 1 is 1.80 bits per heavy atom. The molecule has 0 aliphatic heterocycles. The second-order valence-electron chi connectivity index (χ2n) is 0.238. The standard InChI is InChI=1S/He.HNO3/c;2-1(3)4/h;(H,2,3,4). The van der Waals surface area contributed by atoms with Gasteiger partial charge in [-0.3, -0.25) is 0 Å². The van der Waals surface area contributed by atoms with Crippen LogP contribution in [0, 0.1) is 16.3 Å². The summed E-state index contributed by atoms with van der Waals surface area (Å²) < 4.78 is 0. The van der Waals surface area contributed by atoms with Crippen molar-refractivity contribution in [2.75, 3.05) is 0 Å². The van der Waals surface area contributed by atoms with Gasteiger partial charge in [-0.25, -0.2) is 0 Å². The van der Waals surface area contributed by atoms with Crippen LogP contribution in [0.1, 0.15) is 0 Å². The second-order valence-corrected chi connectivity index (χ2v) is 0.238. The van der Waals surface area contributed by atoms with E-state index in [2.05, 4.69) is 0 Å². The molecule has 0 saturated carbocycles. The first-order chi connectivity index (χ1) is 1.73. The summed E-state index contributed by atoms with van der Waals surface area (Å²) in [7, 11) is 0. The van der Waals surface area contributed by atoms with Gasteiger partial charge < -0.3 is 5.21 Å². The van der Waals surface area contributed by atoms with Gasteiger partial charge in [0.2, 0.25) is 0 Å². The zero-order chi connectivity index (χ0) is 3.58. The summed E-state index contributed by atoms with van der Waals surface area (Å²) >= 11 is 0. The molecule has 0 amide bonds. The van der Waals surface area contributed by atoms with Gasteiger partial charge in [-0.05, 0) is 0 Å². The fourth-order valence-corrected chi connectivity index (χ4v) is 0. The van der Waals surface area contributed by atoms with Gasteiger partial charge in [0.25, 0.3) is 5.09 Å². The Labute approximate surface area is 27.9 Å². The quantitative estimate of drug-likeness (QED) is 0.311. The van der Waals surface area contributed by atoms with Gasteiger partial charge in [0.1, 0.15) is 0 Å². The summed E-state index contributed by atoms with van der Waals surface area (Å²) in [6.45, 7) is 0. The molecule has 0 aromatic carbocycles. The summed E-state index contributed by atoms with van der Waals surface area (Å²) in [5.74, 6) is 0. The van der Waals surface area contributed by atoms with Crippen LogP contribution in [0.5, 0.6) is 0 Å². The van der Waals surface area contributed by atoms with Gasteiger partial charge >= 0.3 is 0 Å². The summed E-state index contributed by atoms with van der Waals surface area (Å²) in [4.78, 5) is 8.36. The maximum Gasteiger partial charge on any atom is 0.291 e. The number of nitrogens with zero attached hydrogens (tertiary/aromatic N) is 1. The molecule has 0 saturated heterocycles. The van der Waals surface area contributed by atoms with E-state index in [0.29, 0.717) is 0 Å². The smallest absolute Gasteiger partial charge is 0.291 e. The van der Waals surface area contributed by atoms with E-state index in [-0.39, 0.29) is 6.15 Å². The van der Waals surface area contributed by atoms with Gasteiger partial charge in [-0.2, -0.15) is 0 Å². The van der Waals surface area contributed by atoms with Gasteiger partial charge in [0.15, 0.2) is 0 Å². The molecule has 5 heteroatoms. The van der Waals surface area contributed by atoms with Crippen LogP contribution in [-0.2, 0) is 0 Å². The minimum Gasteiger partial charge on any atom is -0.328 e. The Hall–Kier alpha value is -0.891. The van der Waals surface area contributed by atoms with Gasteiger partial charge in [0.05, 0.1) is 0 Å². The van der Waals surface area contributed by atoms with Crippen LogP contribution in [0.2, 0.25) is 0 Å². The normalized spacial score (nSPS) is 4.80. The maximum atomic E-state index is 8.36. The average molecular weight is 67.0 g/mol. The predicted octanol–water partition coefficient (Wildman–Crippen LogP) is -0.348. The molecule has 0 bridgehead atoms. The van der Waals surface area contributed by atoms with Crippen molar-refractivity contribution in [1.82, 2.24) is 0 Å². The SMILES string of the molecule is O=[N+]([O-])O.[He]. The Kier molecular flexibility index (Phi) is 5.55. The number of rotatable bonds is 0. The van der Waals surface area contributed by atoms with E-state index >= 15 is 0 Å². The molecular formula is HHeNO3. The molecule has 0 atom stereocenters. The average Bonchev–Trinajstić information content (AvgIpc) is 0.811. The van der Waals surface area contributed by atoms with E-state index in [1.54, 1.807) is 0 Å². The fraction of sp³-hybridized carbons (Fsp3) is 0. The first kappa shape index (κ1) is 8.93. The minimum absolute atomic E-state index is 0. The van der Waals surface area contributed by atoms with Crippen LogP contribution in [0.25, 0.3) is 0 Å². The van der Waals surface area contributed by atoms with Gasteiger partial charge in [-0.15, -0.1) is 10.1 Å². The summed E-state index contributed by atoms with van der Waals surface area (Å²) in [6.07, 6.45) is 0. The second kappa shape index (κ2) is 3.11. The van der Waals surface area contributed by atoms with Crippen molar-refractivity contribution >= 4 is 0 Å². The third-order valence-electron chi connectivity index (χ3n) is 0. The molecule has 1 N–H and O–H groups in total. The van der Waals surface area contributed by atoms with E-state index < -0.39 is 5.09 Å². The first-order valence-electron chi connectivity index (χ1n) is 0.565. The Bertz CT molecular complexity index is 29.9. The van der Waals surface area contributed by atoms with E-state index in [0.717, 1.165) is 0 Å². The van der Waals surface area contributed by atoms with Crippen molar-refractivity contribution < 1.29 is 16.4 Å². The zero-order valence-electron chi connectivity index (χ0n) is 2.42. The molecule has 0 spiro atoms. The van der Waals surface area contributed by atoms with E-state index in [1.807, 2.05) is 0 Å². The van der Waals surface area contributed by atoms with E-state index in [9.17, 15) is 0 Å². The van der Waals surface area contributed by atoms with Crippen LogP contribution in [0.3, 0.4) is 0 Å². The largest absolute Gasteiger partial charge is 0.328 e. The van der Waals surface area contributed by atoms with Crippen molar-refractivity contribution in [2.45, 2.75) is 0 Å². The summed E-state index contributed by atoms with van der Waals surface area (Å²) in [6, 6.07) is 0. The van der Waals surface area contributed by atoms with Crippen LogP contribution >= 0.6 is 0 Å². The fourth-order valence-electron chi connectivity index (χ4n) is 0. The van der Waals surface area contributed by atoms with Crippen LogP contribution in [0.15, 0.2) is 0 Å². The molecule has 0 unspecified atom stereocenters. The topological polar surface area (TPSA) is 63.4 Å². The minimum atomic E-state index is -1.50. The zero-order valence-corrected chi connectivity index (χ0v) is 2.42. The first-order valence-corrected chi connectivity index (χ1v) is 0.565. The van der Waals surface area contributed by atoms with Gasteiger partial charge in [-0.1, -0.05) is 0 Å². The molecule has 4 nitrogen and oxygen atoms in total. The van der Waals surface area contributed by atoms with Crippen molar-refractivity contribution in [1.29, 1.82) is 0 Å². The summed E-state index contributed by atoms with van der Waals surface area (Å²) in [5, 5.41) is 13.6. The van der Waals surface area contributed by atoms with Crippen LogP contribution in [-0.4, -0.2) is 10.3 Å². The Morgan fingerprint density at radius 2 is 1.80 bits per heavy atom. The molecule has 5 heavy (non-hydrogen) atoms. The molecule has 0 rings (SSSR count). The molecule has 0 heterocycles. The molecule has 26 valence electrons. The molecule has 0 aromatic rings. The molecule has 0 aliphatic carbocycles. The molecule has 0 radical (unpaired) electrons. The molecule has 0 fully saturated rings. The molecular weight excluding hydrogens is 66.0 g/mol. The third kappa shape index (κ3) is 4.82. The Balaban J connectivity index is 0. The predicted molar refractivity (Wildman–Crippen MR) is 8.78 cm³/mol. The monoisotopic (exact) mass is 67.0 g/mol. The van der Waals surface area contributed by atoms with E-state index in [1.165, 1.54) is 0 Å². The maximum absolute atomic E-state index is 8.36. The van der Waals surface area contributed by atoms with Crippen molar-refractivity contribution in [2.24, 2.45) is 0 Å². The van der Waals surface area contributed by atoms with Crippen molar-refractivity contribution in [3.63, 3.8) is 0 Å². The van der Waals surface area contributed by atoms with Crippen LogP contribution in [0.4, 0.5) is 0 Å². The number of hydrogen-bond acceptors (Lipinski definition) is 2. The third-order valence-corrected chi connectivity index (χ3v) is 0. The summed E-state index contributed by atoms with van der Waals surface area (Å²) in [5.41, 5.74) is 0. The molecule has 0 aromatic heterocycles.